The fraction of sp³-hybridized carbons (Fsp3) is 0.520. The molecule has 34 heavy (non-hydrogen) atoms. The Labute approximate surface area is 201 Å². The highest BCUT2D eigenvalue weighted by atomic mass is 32.1. The van der Waals surface area contributed by atoms with Gasteiger partial charge >= 0.3 is 6.18 Å². The number of ketones is 1. The second kappa shape index (κ2) is 9.34. The van der Waals surface area contributed by atoms with Crippen LogP contribution in [0.15, 0.2) is 36.7 Å². The topological polar surface area (TPSA) is 52.2 Å². The van der Waals surface area contributed by atoms with Crippen molar-refractivity contribution in [1.82, 2.24) is 14.9 Å². The third-order valence-electron chi connectivity index (χ3n) is 7.45. The molecule has 5 rings (SSSR count). The van der Waals surface area contributed by atoms with Crippen LogP contribution in [0.5, 0.6) is 0 Å². The summed E-state index contributed by atoms with van der Waals surface area (Å²) < 4.78 is 39.5. The molecule has 0 bridgehead atoms. The van der Waals surface area contributed by atoms with Crippen molar-refractivity contribution in [2.75, 3.05) is 38.1 Å². The standard InChI is InChI=1S/C25H29F3N4OS/c1-31-6-8-32(9-7-31)24-30-15-23(34-24)22(33)13-16(17-11-19(12-17)25(26,27)28)10-18-14-29-21-5-3-2-4-20(18)21/h2-5,14-17,19,29H,6-13H2,1H3. The predicted octanol–water partition coefficient (Wildman–Crippen LogP) is 5.40. The van der Waals surface area contributed by atoms with Crippen molar-refractivity contribution in [3.8, 4) is 0 Å². The van der Waals surface area contributed by atoms with Gasteiger partial charge in [0.2, 0.25) is 0 Å². The van der Waals surface area contributed by atoms with Crippen LogP contribution in [0.2, 0.25) is 0 Å². The van der Waals surface area contributed by atoms with Crippen molar-refractivity contribution in [1.29, 1.82) is 0 Å². The number of nitrogens with zero attached hydrogens (tertiary/aromatic N) is 3. The smallest absolute Gasteiger partial charge is 0.361 e. The van der Waals surface area contributed by atoms with Crippen LogP contribution in [-0.2, 0) is 6.42 Å². The number of H-pyrrole nitrogens is 1. The third-order valence-corrected chi connectivity index (χ3v) is 8.55. The largest absolute Gasteiger partial charge is 0.391 e. The number of alkyl halides is 3. The highest BCUT2D eigenvalue weighted by Gasteiger charge is 2.49. The van der Waals surface area contributed by atoms with E-state index in [1.807, 2.05) is 30.5 Å². The van der Waals surface area contributed by atoms with Gasteiger partial charge in [-0.2, -0.15) is 13.2 Å². The number of anilines is 1. The molecule has 2 aliphatic rings. The number of thiazole rings is 1. The molecule has 2 aromatic heterocycles. The van der Waals surface area contributed by atoms with E-state index in [0.29, 0.717) is 11.3 Å². The zero-order chi connectivity index (χ0) is 23.9. The first kappa shape index (κ1) is 23.4. The number of fused-ring (bicyclic) bond motifs is 1. The van der Waals surface area contributed by atoms with Crippen LogP contribution >= 0.6 is 11.3 Å². The van der Waals surface area contributed by atoms with E-state index in [1.54, 1.807) is 6.20 Å². The average molecular weight is 491 g/mol. The fourth-order valence-corrected chi connectivity index (χ4v) is 6.10. The number of aromatic amines is 1. The Morgan fingerprint density at radius 1 is 1.21 bits per heavy atom. The maximum absolute atomic E-state index is 13.2. The summed E-state index contributed by atoms with van der Waals surface area (Å²) in [5.74, 6) is -1.49. The number of hydrogen-bond donors (Lipinski definition) is 1. The van der Waals surface area contributed by atoms with Gasteiger partial charge in [0.05, 0.1) is 17.0 Å². The van der Waals surface area contributed by atoms with E-state index in [1.165, 1.54) is 11.3 Å². The van der Waals surface area contributed by atoms with E-state index in [4.69, 9.17) is 0 Å². The predicted molar refractivity (Wildman–Crippen MR) is 129 cm³/mol. The van der Waals surface area contributed by atoms with Crippen LogP contribution in [0.1, 0.15) is 34.5 Å². The number of carbonyl (C=O) groups is 1. The summed E-state index contributed by atoms with van der Waals surface area (Å²) in [4.78, 5) is 26.0. The summed E-state index contributed by atoms with van der Waals surface area (Å²) in [5, 5.41) is 1.92. The molecule has 0 radical (unpaired) electrons. The molecule has 182 valence electrons. The minimum atomic E-state index is -4.15. The van der Waals surface area contributed by atoms with Gasteiger partial charge in [0.25, 0.3) is 0 Å². The van der Waals surface area contributed by atoms with Gasteiger partial charge in [0.1, 0.15) is 0 Å². The number of halogens is 3. The molecule has 9 heteroatoms. The quantitative estimate of drug-likeness (QED) is 0.451. The molecule has 0 spiro atoms. The molecule has 1 unspecified atom stereocenters. The molecule has 1 aliphatic carbocycles. The maximum atomic E-state index is 13.2. The van der Waals surface area contributed by atoms with Gasteiger partial charge in [-0.25, -0.2) is 4.98 Å². The monoisotopic (exact) mass is 490 g/mol. The summed E-state index contributed by atoms with van der Waals surface area (Å²) in [6.45, 7) is 3.67. The summed E-state index contributed by atoms with van der Waals surface area (Å²) in [7, 11) is 2.09. The molecule has 1 aliphatic heterocycles. The van der Waals surface area contributed by atoms with Crippen LogP contribution in [0.4, 0.5) is 18.3 Å². The van der Waals surface area contributed by atoms with E-state index in [9.17, 15) is 18.0 Å². The molecule has 5 nitrogen and oxygen atoms in total. The molecule has 1 atom stereocenters. The number of likely N-dealkylation sites (N-methyl/N-ethyl adjacent to an activating group) is 1. The molecular weight excluding hydrogens is 461 g/mol. The fourth-order valence-electron chi connectivity index (χ4n) is 5.18. The van der Waals surface area contributed by atoms with Gasteiger partial charge in [-0.05, 0) is 49.8 Å². The molecule has 3 heterocycles. The van der Waals surface area contributed by atoms with E-state index in [0.717, 1.165) is 47.8 Å². The zero-order valence-electron chi connectivity index (χ0n) is 19.1. The van der Waals surface area contributed by atoms with Crippen LogP contribution in [0, 0.1) is 17.8 Å². The van der Waals surface area contributed by atoms with Crippen LogP contribution in [-0.4, -0.2) is 60.1 Å². The zero-order valence-corrected chi connectivity index (χ0v) is 20.0. The van der Waals surface area contributed by atoms with Crippen LogP contribution in [0.25, 0.3) is 10.9 Å². The van der Waals surface area contributed by atoms with E-state index in [2.05, 4.69) is 26.8 Å². The number of aromatic nitrogens is 2. The molecule has 2 fully saturated rings. The second-order valence-electron chi connectivity index (χ2n) is 9.72. The van der Waals surface area contributed by atoms with Crippen molar-refractivity contribution in [2.45, 2.75) is 31.9 Å². The molecule has 3 aromatic rings. The van der Waals surface area contributed by atoms with Crippen molar-refractivity contribution in [2.24, 2.45) is 17.8 Å². The number of hydrogen-bond acceptors (Lipinski definition) is 5. The number of benzene rings is 1. The van der Waals surface area contributed by atoms with E-state index < -0.39 is 12.1 Å². The van der Waals surface area contributed by atoms with E-state index >= 15 is 0 Å². The van der Waals surface area contributed by atoms with Crippen LogP contribution < -0.4 is 4.90 Å². The van der Waals surface area contributed by atoms with Gasteiger partial charge in [0.15, 0.2) is 10.9 Å². The number of nitrogens with one attached hydrogen (secondary N) is 1. The average Bonchev–Trinajstić information content (AvgIpc) is 3.40. The highest BCUT2D eigenvalue weighted by molar-refractivity contribution is 7.17. The van der Waals surface area contributed by atoms with Crippen molar-refractivity contribution in [3.05, 3.63) is 47.1 Å². The van der Waals surface area contributed by atoms with Crippen molar-refractivity contribution in [3.63, 3.8) is 0 Å². The van der Waals surface area contributed by atoms with Gasteiger partial charge in [-0.15, -0.1) is 0 Å². The Kier molecular flexibility index (Phi) is 6.41. The number of carbonyl (C=O) groups excluding carboxylic acids is 1. The van der Waals surface area contributed by atoms with Gasteiger partial charge in [-0.1, -0.05) is 29.5 Å². The van der Waals surface area contributed by atoms with Crippen molar-refractivity contribution < 1.29 is 18.0 Å². The number of para-hydroxylation sites is 1. The second-order valence-corrected chi connectivity index (χ2v) is 10.7. The van der Waals surface area contributed by atoms with Crippen LogP contribution in [0.3, 0.4) is 0 Å². The molecule has 0 amide bonds. The Morgan fingerprint density at radius 3 is 2.68 bits per heavy atom. The lowest BCUT2D eigenvalue weighted by Gasteiger charge is -2.41. The molecule has 1 saturated heterocycles. The Bertz CT molecular complexity index is 1140. The first-order chi connectivity index (χ1) is 16.3. The highest BCUT2D eigenvalue weighted by Crippen LogP contribution is 2.49. The first-order valence-electron chi connectivity index (χ1n) is 11.8. The lowest BCUT2D eigenvalue weighted by Crippen LogP contribution is -2.44. The van der Waals surface area contributed by atoms with Gasteiger partial charge in [-0.3, -0.25) is 4.79 Å². The maximum Gasteiger partial charge on any atom is 0.391 e. The van der Waals surface area contributed by atoms with Gasteiger partial charge < -0.3 is 14.8 Å². The summed E-state index contributed by atoms with van der Waals surface area (Å²) >= 11 is 1.40. The summed E-state index contributed by atoms with van der Waals surface area (Å²) in [6.07, 6.45) is 0.482. The lowest BCUT2D eigenvalue weighted by atomic mass is 9.65. The Morgan fingerprint density at radius 2 is 1.94 bits per heavy atom. The Balaban J connectivity index is 1.31. The molecule has 1 aromatic carbocycles. The lowest BCUT2D eigenvalue weighted by molar-refractivity contribution is -0.208. The first-order valence-corrected chi connectivity index (χ1v) is 12.6. The van der Waals surface area contributed by atoms with Crippen molar-refractivity contribution >= 4 is 33.2 Å². The Hall–Kier alpha value is -2.39. The minimum absolute atomic E-state index is 0.0156. The molecule has 1 saturated carbocycles. The third kappa shape index (κ3) is 4.86. The summed E-state index contributed by atoms with van der Waals surface area (Å²) in [6, 6.07) is 7.91. The summed E-state index contributed by atoms with van der Waals surface area (Å²) in [5.41, 5.74) is 2.06. The normalized spacial score (nSPS) is 22.6. The van der Waals surface area contributed by atoms with E-state index in [-0.39, 0.29) is 36.9 Å². The van der Waals surface area contributed by atoms with Gasteiger partial charge in [0, 0.05) is 49.7 Å². The number of Topliss-reactive ketones (excluding diaryl/α,β-unsaturated/α-hetero) is 1. The molecular formula is C25H29F3N4OS. The number of rotatable bonds is 7. The minimum Gasteiger partial charge on any atom is -0.361 e. The SMILES string of the molecule is CN1CCN(c2ncc(C(=O)CC(Cc3c[nH]c4ccccc34)C3CC(C(F)(F)F)C3)s2)CC1. The number of piperazine rings is 1. The molecule has 1 N–H and O–H groups in total.